The van der Waals surface area contributed by atoms with Crippen molar-refractivity contribution < 1.29 is 17.6 Å². The number of nitrogens with one attached hydrogen (secondary N) is 1. The van der Waals surface area contributed by atoms with Gasteiger partial charge < -0.3 is 5.32 Å². The third-order valence-electron chi connectivity index (χ3n) is 2.58. The molecule has 0 aromatic carbocycles. The molecule has 1 N–H and O–H groups in total. The fraction of sp³-hybridized carbons (Fsp3) is 0.455. The van der Waals surface area contributed by atoms with Crippen LogP contribution in [0.3, 0.4) is 0 Å². The van der Waals surface area contributed by atoms with Gasteiger partial charge in [0.15, 0.2) is 0 Å². The first kappa shape index (κ1) is 14.5. The average molecular weight is 291 g/mol. The van der Waals surface area contributed by atoms with Gasteiger partial charge in [0.25, 0.3) is 6.43 Å². The van der Waals surface area contributed by atoms with Crippen LogP contribution in [0.15, 0.2) is 24.7 Å². The molecular weight excluding hydrogens is 278 g/mol. The second kappa shape index (κ2) is 6.51. The molecule has 2 rings (SSSR count). The molecule has 20 heavy (non-hydrogen) atoms. The second-order valence-electron chi connectivity index (χ2n) is 4.11. The summed E-state index contributed by atoms with van der Waals surface area (Å²) in [5.74, 6) is 0. The predicted molar refractivity (Wildman–Crippen MR) is 62.3 cm³/mol. The van der Waals surface area contributed by atoms with Crippen LogP contribution in [0.1, 0.15) is 17.8 Å². The van der Waals surface area contributed by atoms with Crippen LogP contribution in [0.2, 0.25) is 0 Å². The normalized spacial score (nSPS) is 11.7. The maximum atomic E-state index is 12.5. The van der Waals surface area contributed by atoms with Crippen LogP contribution in [0, 0.1) is 0 Å². The van der Waals surface area contributed by atoms with E-state index in [0.717, 1.165) is 4.68 Å². The number of aromatic nitrogens is 4. The van der Waals surface area contributed by atoms with E-state index in [1.807, 2.05) is 0 Å². The van der Waals surface area contributed by atoms with Crippen molar-refractivity contribution in [1.82, 2.24) is 24.9 Å². The Balaban J connectivity index is 1.83. The lowest BCUT2D eigenvalue weighted by Gasteiger charge is -2.06. The van der Waals surface area contributed by atoms with Gasteiger partial charge in [-0.25, -0.2) is 13.5 Å². The smallest absolute Gasteiger partial charge is 0.307 e. The van der Waals surface area contributed by atoms with E-state index in [4.69, 9.17) is 0 Å². The molecule has 0 bridgehead atoms. The van der Waals surface area contributed by atoms with Crippen LogP contribution in [0.5, 0.6) is 0 Å². The van der Waals surface area contributed by atoms with Crippen molar-refractivity contribution in [2.45, 2.75) is 32.6 Å². The largest absolute Gasteiger partial charge is 0.333 e. The van der Waals surface area contributed by atoms with Crippen molar-refractivity contribution in [3.05, 3.63) is 35.9 Å². The maximum absolute atomic E-state index is 12.5. The van der Waals surface area contributed by atoms with Gasteiger partial charge in [0.05, 0.1) is 11.9 Å². The Morgan fingerprint density at radius 1 is 1.15 bits per heavy atom. The molecule has 0 fully saturated rings. The number of hydrogen-bond donors (Lipinski definition) is 1. The topological polar surface area (TPSA) is 47.7 Å². The lowest BCUT2D eigenvalue weighted by molar-refractivity contribution is 0.0531. The lowest BCUT2D eigenvalue weighted by atomic mass is 10.3. The van der Waals surface area contributed by atoms with E-state index < -0.39 is 19.5 Å². The molecule has 0 radical (unpaired) electrons. The van der Waals surface area contributed by atoms with E-state index in [-0.39, 0.29) is 6.54 Å². The first-order valence-electron chi connectivity index (χ1n) is 5.87. The summed E-state index contributed by atoms with van der Waals surface area (Å²) < 4.78 is 51.1. The molecule has 0 spiro atoms. The van der Waals surface area contributed by atoms with Gasteiger partial charge in [0.1, 0.15) is 6.54 Å². The number of nitrogens with zero attached hydrogens (tertiary/aromatic N) is 4. The lowest BCUT2D eigenvalue weighted by Crippen LogP contribution is -2.16. The van der Waals surface area contributed by atoms with Crippen LogP contribution in [-0.4, -0.2) is 26.0 Å². The molecular formula is C11H13F4N5. The Kier molecular flexibility index (Phi) is 4.72. The van der Waals surface area contributed by atoms with Crippen LogP contribution in [-0.2, 0) is 19.6 Å². The van der Waals surface area contributed by atoms with Crippen molar-refractivity contribution in [3.63, 3.8) is 0 Å². The summed E-state index contributed by atoms with van der Waals surface area (Å²) in [7, 11) is 0. The van der Waals surface area contributed by atoms with Crippen molar-refractivity contribution in [2.24, 2.45) is 0 Å². The molecule has 0 saturated heterocycles. The van der Waals surface area contributed by atoms with Crippen LogP contribution in [0.25, 0.3) is 0 Å². The van der Waals surface area contributed by atoms with E-state index >= 15 is 0 Å². The highest BCUT2D eigenvalue weighted by Crippen LogP contribution is 2.11. The third kappa shape index (κ3) is 3.80. The first-order chi connectivity index (χ1) is 9.56. The van der Waals surface area contributed by atoms with Gasteiger partial charge in [-0.2, -0.15) is 19.0 Å². The summed E-state index contributed by atoms with van der Waals surface area (Å²) in [5, 5.41) is 10.2. The predicted octanol–water partition coefficient (Wildman–Crippen LogP) is 2.03. The van der Waals surface area contributed by atoms with Crippen molar-refractivity contribution >= 4 is 0 Å². The van der Waals surface area contributed by atoms with E-state index in [1.54, 1.807) is 0 Å². The molecule has 2 aromatic heterocycles. The van der Waals surface area contributed by atoms with Crippen molar-refractivity contribution in [2.75, 3.05) is 0 Å². The zero-order valence-electron chi connectivity index (χ0n) is 10.4. The highest BCUT2D eigenvalue weighted by Gasteiger charge is 2.11. The number of hydrogen-bond acceptors (Lipinski definition) is 3. The number of rotatable bonds is 7. The SMILES string of the molecule is FC(F)Cn1cc(CNCc2ccnn2C(F)F)cn1. The summed E-state index contributed by atoms with van der Waals surface area (Å²) in [6.45, 7) is -2.60. The molecule has 0 atom stereocenters. The zero-order valence-corrected chi connectivity index (χ0v) is 10.4. The van der Waals surface area contributed by atoms with Gasteiger partial charge in [0, 0.05) is 31.0 Å². The van der Waals surface area contributed by atoms with Gasteiger partial charge in [-0.15, -0.1) is 0 Å². The molecule has 9 heteroatoms. The summed E-state index contributed by atoms with van der Waals surface area (Å²) in [6.07, 6.45) is 1.78. The standard InChI is InChI=1S/C11H13F4N5/c12-10(13)7-19-6-8(4-18-19)3-16-5-9-1-2-17-20(9)11(14)15/h1-2,4,6,10-11,16H,3,5,7H2. The maximum Gasteiger partial charge on any atom is 0.333 e. The molecule has 2 heterocycles. The molecule has 0 aliphatic heterocycles. The van der Waals surface area contributed by atoms with E-state index in [1.165, 1.54) is 24.7 Å². The van der Waals surface area contributed by atoms with Gasteiger partial charge >= 0.3 is 6.55 Å². The Hall–Kier alpha value is -1.90. The van der Waals surface area contributed by atoms with Crippen LogP contribution >= 0.6 is 0 Å². The summed E-state index contributed by atoms with van der Waals surface area (Å²) in [4.78, 5) is 0. The minimum Gasteiger partial charge on any atom is -0.307 e. The summed E-state index contributed by atoms with van der Waals surface area (Å²) >= 11 is 0. The fourth-order valence-corrected chi connectivity index (χ4v) is 1.73. The molecule has 0 aliphatic carbocycles. The molecule has 110 valence electrons. The highest BCUT2D eigenvalue weighted by atomic mass is 19.3. The quantitative estimate of drug-likeness (QED) is 0.794. The van der Waals surface area contributed by atoms with E-state index in [9.17, 15) is 17.6 Å². The monoisotopic (exact) mass is 291 g/mol. The first-order valence-corrected chi connectivity index (χ1v) is 5.87. The molecule has 0 unspecified atom stereocenters. The van der Waals surface area contributed by atoms with Gasteiger partial charge in [-0.05, 0) is 6.07 Å². The van der Waals surface area contributed by atoms with Crippen molar-refractivity contribution in [3.8, 4) is 0 Å². The average Bonchev–Trinajstić information content (AvgIpc) is 2.98. The van der Waals surface area contributed by atoms with E-state index in [0.29, 0.717) is 22.5 Å². The summed E-state index contributed by atoms with van der Waals surface area (Å²) in [5.41, 5.74) is 1.05. The minimum atomic E-state index is -2.68. The third-order valence-corrected chi connectivity index (χ3v) is 2.58. The Bertz CT molecular complexity index is 536. The van der Waals surface area contributed by atoms with E-state index in [2.05, 4.69) is 15.5 Å². The molecule has 0 aliphatic rings. The van der Waals surface area contributed by atoms with Crippen molar-refractivity contribution in [1.29, 1.82) is 0 Å². The van der Waals surface area contributed by atoms with Gasteiger partial charge in [-0.3, -0.25) is 4.68 Å². The molecule has 2 aromatic rings. The number of alkyl halides is 4. The summed E-state index contributed by atoms with van der Waals surface area (Å²) in [6, 6.07) is 1.49. The molecule has 0 saturated carbocycles. The molecule has 0 amide bonds. The number of halogens is 4. The molecule has 5 nitrogen and oxygen atoms in total. The van der Waals surface area contributed by atoms with Crippen LogP contribution in [0.4, 0.5) is 17.6 Å². The Morgan fingerprint density at radius 2 is 1.95 bits per heavy atom. The second-order valence-corrected chi connectivity index (χ2v) is 4.11. The van der Waals surface area contributed by atoms with Crippen LogP contribution < -0.4 is 5.32 Å². The highest BCUT2D eigenvalue weighted by molar-refractivity contribution is 5.05. The van der Waals surface area contributed by atoms with Gasteiger partial charge in [0.2, 0.25) is 0 Å². The Morgan fingerprint density at radius 3 is 2.65 bits per heavy atom. The Labute approximate surface area is 112 Å². The minimum absolute atomic E-state index is 0.199. The van der Waals surface area contributed by atoms with Gasteiger partial charge in [-0.1, -0.05) is 0 Å². The zero-order chi connectivity index (χ0) is 14.5. The fourth-order valence-electron chi connectivity index (χ4n) is 1.73.